The first-order chi connectivity index (χ1) is 8.75. The number of nitrogens with one attached hydrogen (secondary N) is 1. The van der Waals surface area contributed by atoms with Crippen LogP contribution in [0.4, 0.5) is 0 Å². The van der Waals surface area contributed by atoms with Gasteiger partial charge in [-0.15, -0.1) is 0 Å². The van der Waals surface area contributed by atoms with Crippen molar-refractivity contribution in [3.05, 3.63) is 0 Å². The van der Waals surface area contributed by atoms with E-state index in [1.807, 2.05) is 0 Å². The minimum absolute atomic E-state index is 0.814. The highest BCUT2D eigenvalue weighted by atomic mass is 14.9. The standard InChI is InChI=1S/C17H35N/c1-4-5-6-7-8-11-14-18-17-13-10-9-12-16(17)15(2)3/h15-18H,4-14H2,1-3H3. The normalized spacial score (nSPS) is 24.7. The van der Waals surface area contributed by atoms with Gasteiger partial charge < -0.3 is 5.32 Å². The lowest BCUT2D eigenvalue weighted by atomic mass is 9.78. The van der Waals surface area contributed by atoms with Crippen molar-refractivity contribution < 1.29 is 0 Å². The second kappa shape index (κ2) is 9.83. The molecule has 0 radical (unpaired) electrons. The lowest BCUT2D eigenvalue weighted by Crippen LogP contribution is -2.41. The largest absolute Gasteiger partial charge is 0.314 e. The molecule has 1 rings (SSSR count). The maximum atomic E-state index is 3.84. The van der Waals surface area contributed by atoms with E-state index in [2.05, 4.69) is 26.1 Å². The van der Waals surface area contributed by atoms with Crippen molar-refractivity contribution in [2.75, 3.05) is 6.54 Å². The smallest absolute Gasteiger partial charge is 0.00977 e. The topological polar surface area (TPSA) is 12.0 Å². The molecule has 0 aromatic rings. The highest BCUT2D eigenvalue weighted by Crippen LogP contribution is 2.30. The predicted molar refractivity (Wildman–Crippen MR) is 82.0 cm³/mol. The fourth-order valence-electron chi connectivity index (χ4n) is 3.40. The van der Waals surface area contributed by atoms with Gasteiger partial charge in [-0.3, -0.25) is 0 Å². The van der Waals surface area contributed by atoms with Crippen LogP contribution in [0, 0.1) is 11.8 Å². The Bertz CT molecular complexity index is 188. The van der Waals surface area contributed by atoms with E-state index in [9.17, 15) is 0 Å². The fourth-order valence-corrected chi connectivity index (χ4v) is 3.40. The molecule has 1 nitrogen and oxygen atoms in total. The molecule has 0 heterocycles. The molecule has 1 N–H and O–H groups in total. The van der Waals surface area contributed by atoms with Crippen LogP contribution in [0.5, 0.6) is 0 Å². The summed E-state index contributed by atoms with van der Waals surface area (Å²) < 4.78 is 0. The third-order valence-electron chi connectivity index (χ3n) is 4.61. The van der Waals surface area contributed by atoms with Gasteiger partial charge in [0.05, 0.1) is 0 Å². The van der Waals surface area contributed by atoms with E-state index in [0.717, 1.165) is 17.9 Å². The summed E-state index contributed by atoms with van der Waals surface area (Å²) in [7, 11) is 0. The number of unbranched alkanes of at least 4 members (excludes halogenated alkanes) is 5. The molecule has 1 saturated carbocycles. The number of hydrogen-bond donors (Lipinski definition) is 1. The van der Waals surface area contributed by atoms with Gasteiger partial charge in [0.25, 0.3) is 0 Å². The summed E-state index contributed by atoms with van der Waals surface area (Å²) >= 11 is 0. The van der Waals surface area contributed by atoms with Gasteiger partial charge in [0.1, 0.15) is 0 Å². The van der Waals surface area contributed by atoms with Crippen LogP contribution in [0.3, 0.4) is 0 Å². The second-order valence-electron chi connectivity index (χ2n) is 6.52. The van der Waals surface area contributed by atoms with Gasteiger partial charge in [0.15, 0.2) is 0 Å². The van der Waals surface area contributed by atoms with Gasteiger partial charge in [-0.25, -0.2) is 0 Å². The van der Waals surface area contributed by atoms with E-state index in [1.54, 1.807) is 0 Å². The Labute approximate surface area is 115 Å². The summed E-state index contributed by atoms with van der Waals surface area (Å²) in [4.78, 5) is 0. The molecular formula is C17H35N. The van der Waals surface area contributed by atoms with Gasteiger partial charge in [-0.1, -0.05) is 65.7 Å². The third kappa shape index (κ3) is 6.22. The first-order valence-corrected chi connectivity index (χ1v) is 8.49. The zero-order valence-electron chi connectivity index (χ0n) is 13.0. The third-order valence-corrected chi connectivity index (χ3v) is 4.61. The monoisotopic (exact) mass is 253 g/mol. The molecule has 1 heteroatoms. The van der Waals surface area contributed by atoms with Gasteiger partial charge in [0.2, 0.25) is 0 Å². The van der Waals surface area contributed by atoms with Crippen LogP contribution in [-0.4, -0.2) is 12.6 Å². The molecule has 0 aromatic carbocycles. The van der Waals surface area contributed by atoms with Gasteiger partial charge in [-0.2, -0.15) is 0 Å². The average Bonchev–Trinajstić information content (AvgIpc) is 2.38. The first kappa shape index (κ1) is 16.0. The Balaban J connectivity index is 2.06. The highest BCUT2D eigenvalue weighted by Gasteiger charge is 2.26. The van der Waals surface area contributed by atoms with E-state index in [-0.39, 0.29) is 0 Å². The Morgan fingerprint density at radius 2 is 1.61 bits per heavy atom. The summed E-state index contributed by atoms with van der Waals surface area (Å²) in [5.74, 6) is 1.78. The molecule has 0 amide bonds. The zero-order chi connectivity index (χ0) is 13.2. The quantitative estimate of drug-likeness (QED) is 0.560. The van der Waals surface area contributed by atoms with Crippen molar-refractivity contribution in [2.45, 2.75) is 91.0 Å². The molecule has 1 fully saturated rings. The van der Waals surface area contributed by atoms with E-state index in [4.69, 9.17) is 0 Å². The summed E-state index contributed by atoms with van der Waals surface area (Å²) in [6, 6.07) is 0.814. The van der Waals surface area contributed by atoms with E-state index in [1.165, 1.54) is 70.8 Å². The maximum absolute atomic E-state index is 3.84. The minimum atomic E-state index is 0.814. The van der Waals surface area contributed by atoms with Crippen LogP contribution >= 0.6 is 0 Å². The molecular weight excluding hydrogens is 218 g/mol. The molecule has 1 aliphatic rings. The molecule has 0 aliphatic heterocycles. The summed E-state index contributed by atoms with van der Waals surface area (Å²) in [6.07, 6.45) is 14.2. The van der Waals surface area contributed by atoms with Gasteiger partial charge >= 0.3 is 0 Å². The lowest BCUT2D eigenvalue weighted by Gasteiger charge is -2.35. The Morgan fingerprint density at radius 3 is 2.33 bits per heavy atom. The fraction of sp³-hybridized carbons (Fsp3) is 1.00. The molecule has 0 bridgehead atoms. The van der Waals surface area contributed by atoms with Crippen LogP contribution < -0.4 is 5.32 Å². The molecule has 2 atom stereocenters. The molecule has 2 unspecified atom stereocenters. The van der Waals surface area contributed by atoms with Crippen molar-refractivity contribution in [1.82, 2.24) is 5.32 Å². The van der Waals surface area contributed by atoms with Gasteiger partial charge in [0, 0.05) is 6.04 Å². The van der Waals surface area contributed by atoms with Crippen molar-refractivity contribution >= 4 is 0 Å². The van der Waals surface area contributed by atoms with Crippen molar-refractivity contribution in [3.8, 4) is 0 Å². The SMILES string of the molecule is CCCCCCCCNC1CCCCC1C(C)C. The molecule has 18 heavy (non-hydrogen) atoms. The molecule has 108 valence electrons. The molecule has 0 spiro atoms. The molecule has 0 aromatic heterocycles. The highest BCUT2D eigenvalue weighted by molar-refractivity contribution is 4.82. The van der Waals surface area contributed by atoms with Crippen LogP contribution in [0.25, 0.3) is 0 Å². The number of rotatable bonds is 9. The molecule has 1 aliphatic carbocycles. The second-order valence-corrected chi connectivity index (χ2v) is 6.52. The Hall–Kier alpha value is -0.0400. The predicted octanol–water partition coefficient (Wildman–Crippen LogP) is 5.15. The lowest BCUT2D eigenvalue weighted by molar-refractivity contribution is 0.205. The molecule has 0 saturated heterocycles. The van der Waals surface area contributed by atoms with Crippen LogP contribution in [0.15, 0.2) is 0 Å². The Kier molecular flexibility index (Phi) is 8.75. The van der Waals surface area contributed by atoms with Crippen molar-refractivity contribution in [3.63, 3.8) is 0 Å². The van der Waals surface area contributed by atoms with Crippen molar-refractivity contribution in [1.29, 1.82) is 0 Å². The zero-order valence-corrected chi connectivity index (χ0v) is 13.0. The first-order valence-electron chi connectivity index (χ1n) is 8.49. The average molecular weight is 253 g/mol. The van der Waals surface area contributed by atoms with E-state index in [0.29, 0.717) is 0 Å². The minimum Gasteiger partial charge on any atom is -0.314 e. The van der Waals surface area contributed by atoms with E-state index >= 15 is 0 Å². The summed E-state index contributed by atoms with van der Waals surface area (Å²) in [6.45, 7) is 8.33. The van der Waals surface area contributed by atoms with Crippen LogP contribution in [0.1, 0.15) is 85.0 Å². The van der Waals surface area contributed by atoms with Crippen LogP contribution in [0.2, 0.25) is 0 Å². The Morgan fingerprint density at radius 1 is 0.944 bits per heavy atom. The number of hydrogen-bond acceptors (Lipinski definition) is 1. The van der Waals surface area contributed by atoms with E-state index < -0.39 is 0 Å². The summed E-state index contributed by atoms with van der Waals surface area (Å²) in [5, 5.41) is 3.84. The maximum Gasteiger partial charge on any atom is 0.00977 e. The van der Waals surface area contributed by atoms with Crippen molar-refractivity contribution in [2.24, 2.45) is 11.8 Å². The van der Waals surface area contributed by atoms with Crippen LogP contribution in [-0.2, 0) is 0 Å². The van der Waals surface area contributed by atoms with Gasteiger partial charge in [-0.05, 0) is 37.6 Å². The summed E-state index contributed by atoms with van der Waals surface area (Å²) in [5.41, 5.74) is 0.